The van der Waals surface area contributed by atoms with Gasteiger partial charge in [0.05, 0.1) is 5.69 Å². The Hall–Kier alpha value is -3.47. The Morgan fingerprint density at radius 3 is 2.43 bits per heavy atom. The standard InChI is InChI=1S/C25H25N3O2/c1-17(15-25(2,3)19-11-5-4-6-12-19)26-27-22(29)16-28-21-14-8-10-18-9-7-13-20(23(18)21)24(28)30/h4-14H,15-16H2,1-3H3,(H,27,29)/b26-17+. The van der Waals surface area contributed by atoms with Crippen LogP contribution in [0.3, 0.4) is 0 Å². The number of hydrazone groups is 1. The molecule has 1 N–H and O–H groups in total. The van der Waals surface area contributed by atoms with Gasteiger partial charge in [-0.2, -0.15) is 5.10 Å². The average molecular weight is 399 g/mol. The summed E-state index contributed by atoms with van der Waals surface area (Å²) < 4.78 is 0. The molecule has 5 heteroatoms. The van der Waals surface area contributed by atoms with E-state index in [9.17, 15) is 9.59 Å². The van der Waals surface area contributed by atoms with Crippen molar-refractivity contribution in [2.45, 2.75) is 32.6 Å². The quantitative estimate of drug-likeness (QED) is 0.484. The Bertz CT molecular complexity index is 1140. The molecule has 0 fully saturated rings. The summed E-state index contributed by atoms with van der Waals surface area (Å²) in [7, 11) is 0. The van der Waals surface area contributed by atoms with Gasteiger partial charge in [0.15, 0.2) is 0 Å². The van der Waals surface area contributed by atoms with Crippen molar-refractivity contribution in [2.24, 2.45) is 5.10 Å². The second-order valence-corrected chi connectivity index (χ2v) is 8.38. The molecule has 3 aromatic carbocycles. The van der Waals surface area contributed by atoms with Gasteiger partial charge in [-0.05, 0) is 41.8 Å². The molecule has 0 saturated heterocycles. The van der Waals surface area contributed by atoms with Crippen LogP contribution in [-0.2, 0) is 10.2 Å². The minimum atomic E-state index is -0.315. The fraction of sp³-hybridized carbons (Fsp3) is 0.240. The highest BCUT2D eigenvalue weighted by Crippen LogP contribution is 2.36. The first-order valence-electron chi connectivity index (χ1n) is 10.1. The number of carbonyl (C=O) groups is 2. The molecule has 0 saturated carbocycles. The van der Waals surface area contributed by atoms with Gasteiger partial charge in [0.2, 0.25) is 0 Å². The number of nitrogens with one attached hydrogen (secondary N) is 1. The molecule has 3 aromatic rings. The topological polar surface area (TPSA) is 61.8 Å². The smallest absolute Gasteiger partial charge is 0.260 e. The summed E-state index contributed by atoms with van der Waals surface area (Å²) in [4.78, 5) is 26.9. The van der Waals surface area contributed by atoms with Gasteiger partial charge in [-0.25, -0.2) is 5.43 Å². The van der Waals surface area contributed by atoms with E-state index >= 15 is 0 Å². The second kappa shape index (κ2) is 7.75. The lowest BCUT2D eigenvalue weighted by Gasteiger charge is -2.25. The first kappa shape index (κ1) is 19.8. The molecule has 152 valence electrons. The summed E-state index contributed by atoms with van der Waals surface area (Å²) in [5, 5.41) is 6.18. The van der Waals surface area contributed by atoms with Crippen LogP contribution in [-0.4, -0.2) is 24.1 Å². The van der Waals surface area contributed by atoms with E-state index in [-0.39, 0.29) is 23.8 Å². The van der Waals surface area contributed by atoms with E-state index in [2.05, 4.69) is 36.5 Å². The van der Waals surface area contributed by atoms with Crippen LogP contribution in [0.25, 0.3) is 10.8 Å². The molecule has 5 nitrogen and oxygen atoms in total. The van der Waals surface area contributed by atoms with Gasteiger partial charge >= 0.3 is 0 Å². The van der Waals surface area contributed by atoms with Crippen molar-refractivity contribution in [1.82, 2.24) is 5.43 Å². The van der Waals surface area contributed by atoms with Crippen LogP contribution in [0.4, 0.5) is 5.69 Å². The maximum absolute atomic E-state index is 12.8. The van der Waals surface area contributed by atoms with Crippen molar-refractivity contribution in [3.05, 3.63) is 77.9 Å². The van der Waals surface area contributed by atoms with Crippen LogP contribution in [0.1, 0.15) is 43.1 Å². The number of benzene rings is 3. The molecule has 1 aliphatic rings. The third-order valence-corrected chi connectivity index (χ3v) is 5.58. The van der Waals surface area contributed by atoms with Gasteiger partial charge < -0.3 is 0 Å². The molecule has 1 aliphatic heterocycles. The molecular weight excluding hydrogens is 374 g/mol. The largest absolute Gasteiger partial charge is 0.298 e. The molecule has 0 bridgehead atoms. The number of nitrogens with zero attached hydrogens (tertiary/aromatic N) is 2. The average Bonchev–Trinajstić information content (AvgIpc) is 3.01. The first-order chi connectivity index (χ1) is 14.4. The van der Waals surface area contributed by atoms with E-state index in [0.29, 0.717) is 12.0 Å². The predicted molar refractivity (Wildman–Crippen MR) is 121 cm³/mol. The number of hydrogen-bond donors (Lipinski definition) is 1. The molecular formula is C25H25N3O2. The Labute approximate surface area is 176 Å². The molecule has 0 radical (unpaired) electrons. The van der Waals surface area contributed by atoms with Crippen LogP contribution in [0.5, 0.6) is 0 Å². The molecule has 0 unspecified atom stereocenters. The number of hydrogen-bond acceptors (Lipinski definition) is 3. The van der Waals surface area contributed by atoms with Crippen molar-refractivity contribution >= 4 is 34.0 Å². The van der Waals surface area contributed by atoms with E-state index in [1.807, 2.05) is 55.5 Å². The Balaban J connectivity index is 1.43. The van der Waals surface area contributed by atoms with Crippen molar-refractivity contribution in [2.75, 3.05) is 11.4 Å². The molecule has 0 spiro atoms. The molecule has 4 rings (SSSR count). The fourth-order valence-electron chi connectivity index (χ4n) is 4.14. The highest BCUT2D eigenvalue weighted by molar-refractivity contribution is 6.26. The van der Waals surface area contributed by atoms with Crippen LogP contribution < -0.4 is 10.3 Å². The van der Waals surface area contributed by atoms with Gasteiger partial charge in [-0.15, -0.1) is 0 Å². The first-order valence-corrected chi connectivity index (χ1v) is 10.1. The minimum absolute atomic E-state index is 0.0640. The molecule has 0 aliphatic carbocycles. The van der Waals surface area contributed by atoms with Crippen LogP contribution >= 0.6 is 0 Å². The van der Waals surface area contributed by atoms with Crippen LogP contribution in [0.15, 0.2) is 71.8 Å². The van der Waals surface area contributed by atoms with E-state index in [1.54, 1.807) is 6.07 Å². The number of carbonyl (C=O) groups excluding carboxylic acids is 2. The van der Waals surface area contributed by atoms with Gasteiger partial charge in [-0.3, -0.25) is 14.5 Å². The predicted octanol–water partition coefficient (Wildman–Crippen LogP) is 4.66. The Kier molecular flexibility index (Phi) is 5.12. The molecule has 1 heterocycles. The summed E-state index contributed by atoms with van der Waals surface area (Å²) >= 11 is 0. The highest BCUT2D eigenvalue weighted by Gasteiger charge is 2.30. The normalized spacial score (nSPS) is 13.8. The number of anilines is 1. The van der Waals surface area contributed by atoms with Crippen LogP contribution in [0.2, 0.25) is 0 Å². The van der Waals surface area contributed by atoms with E-state index < -0.39 is 0 Å². The maximum atomic E-state index is 12.8. The lowest BCUT2D eigenvalue weighted by Crippen LogP contribution is -2.37. The monoisotopic (exact) mass is 399 g/mol. The lowest BCUT2D eigenvalue weighted by molar-refractivity contribution is -0.119. The van der Waals surface area contributed by atoms with E-state index in [0.717, 1.165) is 22.2 Å². The summed E-state index contributed by atoms with van der Waals surface area (Å²) in [5.41, 5.74) is 5.98. The van der Waals surface area contributed by atoms with Gasteiger partial charge in [0, 0.05) is 16.7 Å². The summed E-state index contributed by atoms with van der Waals surface area (Å²) in [6.45, 7) is 6.15. The molecule has 30 heavy (non-hydrogen) atoms. The van der Waals surface area contributed by atoms with Gasteiger partial charge in [0.1, 0.15) is 6.54 Å². The Morgan fingerprint density at radius 1 is 1.00 bits per heavy atom. The zero-order chi connectivity index (χ0) is 21.3. The van der Waals surface area contributed by atoms with Crippen molar-refractivity contribution in [3.8, 4) is 0 Å². The van der Waals surface area contributed by atoms with Crippen molar-refractivity contribution < 1.29 is 9.59 Å². The van der Waals surface area contributed by atoms with E-state index in [1.165, 1.54) is 10.5 Å². The van der Waals surface area contributed by atoms with Crippen molar-refractivity contribution in [3.63, 3.8) is 0 Å². The summed E-state index contributed by atoms with van der Waals surface area (Å²) in [6.07, 6.45) is 0.713. The molecule has 2 amide bonds. The number of rotatable bonds is 6. The second-order valence-electron chi connectivity index (χ2n) is 8.38. The number of amides is 2. The SMILES string of the molecule is C/C(CC(C)(C)c1ccccc1)=N\NC(=O)CN1C(=O)c2cccc3cccc1c23. The highest BCUT2D eigenvalue weighted by atomic mass is 16.2. The zero-order valence-corrected chi connectivity index (χ0v) is 17.5. The van der Waals surface area contributed by atoms with E-state index in [4.69, 9.17) is 0 Å². The zero-order valence-electron chi connectivity index (χ0n) is 17.5. The Morgan fingerprint density at radius 2 is 1.70 bits per heavy atom. The summed E-state index contributed by atoms with van der Waals surface area (Å²) in [6, 6.07) is 21.6. The minimum Gasteiger partial charge on any atom is -0.298 e. The van der Waals surface area contributed by atoms with Gasteiger partial charge in [-0.1, -0.05) is 68.4 Å². The maximum Gasteiger partial charge on any atom is 0.260 e. The van der Waals surface area contributed by atoms with Crippen molar-refractivity contribution in [1.29, 1.82) is 0 Å². The van der Waals surface area contributed by atoms with Crippen LogP contribution in [0, 0.1) is 0 Å². The fourth-order valence-corrected chi connectivity index (χ4v) is 4.14. The third kappa shape index (κ3) is 3.71. The lowest BCUT2D eigenvalue weighted by atomic mass is 9.80. The molecule has 0 atom stereocenters. The van der Waals surface area contributed by atoms with Gasteiger partial charge in [0.25, 0.3) is 11.8 Å². The molecule has 0 aromatic heterocycles. The third-order valence-electron chi connectivity index (χ3n) is 5.58. The summed E-state index contributed by atoms with van der Waals surface area (Å²) in [5.74, 6) is -0.465.